The van der Waals surface area contributed by atoms with Gasteiger partial charge in [0.05, 0.1) is 18.1 Å². The minimum atomic E-state index is 0.108. The lowest BCUT2D eigenvalue weighted by molar-refractivity contribution is -0.686. The highest BCUT2D eigenvalue weighted by Gasteiger charge is 2.32. The first-order valence-electron chi connectivity index (χ1n) is 12.1. The van der Waals surface area contributed by atoms with Crippen LogP contribution in [0.4, 0.5) is 0 Å². The van der Waals surface area contributed by atoms with Gasteiger partial charge in [0.15, 0.2) is 35.7 Å². The Morgan fingerprint density at radius 1 is 0.971 bits per heavy atom. The van der Waals surface area contributed by atoms with Crippen molar-refractivity contribution < 1.29 is 23.9 Å². The predicted molar refractivity (Wildman–Crippen MR) is 136 cm³/mol. The Morgan fingerprint density at radius 2 is 1.71 bits per heavy atom. The first kappa shape index (κ1) is 21.8. The van der Waals surface area contributed by atoms with Crippen LogP contribution in [-0.4, -0.2) is 19.0 Å². The van der Waals surface area contributed by atoms with Crippen LogP contribution in [0.15, 0.2) is 54.7 Å². The molecule has 0 unspecified atom stereocenters. The van der Waals surface area contributed by atoms with Gasteiger partial charge in [0.1, 0.15) is 0 Å². The van der Waals surface area contributed by atoms with E-state index in [-0.39, 0.29) is 18.0 Å². The highest BCUT2D eigenvalue weighted by molar-refractivity contribution is 5.95. The smallest absolute Gasteiger partial charge is 0.231 e. The Labute approximate surface area is 205 Å². The summed E-state index contributed by atoms with van der Waals surface area (Å²) in [5, 5.41) is 12.8. The van der Waals surface area contributed by atoms with E-state index < -0.39 is 0 Å². The Morgan fingerprint density at radius 3 is 2.43 bits per heavy atom. The molecule has 5 heteroatoms. The molecule has 3 heterocycles. The highest BCUT2D eigenvalue weighted by Crippen LogP contribution is 2.43. The van der Waals surface area contributed by atoms with Crippen molar-refractivity contribution in [3.05, 3.63) is 77.0 Å². The zero-order valence-electron chi connectivity index (χ0n) is 20.6. The van der Waals surface area contributed by atoms with Crippen molar-refractivity contribution >= 4 is 10.8 Å². The molecule has 3 aromatic carbocycles. The van der Waals surface area contributed by atoms with Crippen LogP contribution >= 0.6 is 0 Å². The van der Waals surface area contributed by atoms with Gasteiger partial charge in [-0.1, -0.05) is 45.0 Å². The number of rotatable bonds is 3. The summed E-state index contributed by atoms with van der Waals surface area (Å²) in [4.78, 5) is 0. The second-order valence-electron chi connectivity index (χ2n) is 10.5. The van der Waals surface area contributed by atoms with Crippen molar-refractivity contribution in [1.29, 1.82) is 0 Å². The number of phenolic OH excluding ortho intramolecular Hbond substituents is 1. The number of nitrogens with zero attached hydrogens (tertiary/aromatic N) is 1. The van der Waals surface area contributed by atoms with E-state index in [2.05, 4.69) is 74.0 Å². The van der Waals surface area contributed by atoms with Gasteiger partial charge >= 0.3 is 0 Å². The number of fused-ring (bicyclic) bond motifs is 5. The topological polar surface area (TPSA) is 51.8 Å². The number of phenols is 1. The number of benzene rings is 3. The number of aromatic nitrogens is 1. The SMILES string of the molecule is COc1ccc2c(Cc3ccc(C(C)(C)C)cc3)c3[n+](cc2c1O)CCc1cc2c(cc1-3)OCO2. The van der Waals surface area contributed by atoms with Crippen LogP contribution in [-0.2, 0) is 24.8 Å². The largest absolute Gasteiger partial charge is 0.504 e. The fourth-order valence-electron chi connectivity index (χ4n) is 5.32. The minimum absolute atomic E-state index is 0.108. The Bertz CT molecular complexity index is 1470. The summed E-state index contributed by atoms with van der Waals surface area (Å²) in [5.41, 5.74) is 7.43. The Balaban J connectivity index is 1.58. The van der Waals surface area contributed by atoms with E-state index in [1.54, 1.807) is 7.11 Å². The molecule has 5 nitrogen and oxygen atoms in total. The van der Waals surface area contributed by atoms with Gasteiger partial charge in [0, 0.05) is 23.8 Å². The molecule has 0 fully saturated rings. The molecule has 0 bridgehead atoms. The number of aromatic hydroxyl groups is 1. The van der Waals surface area contributed by atoms with Gasteiger partial charge in [-0.05, 0) is 46.4 Å². The second-order valence-corrected chi connectivity index (χ2v) is 10.5. The molecule has 178 valence electrons. The zero-order chi connectivity index (χ0) is 24.3. The lowest BCUT2D eigenvalue weighted by Gasteiger charge is -2.21. The van der Waals surface area contributed by atoms with Crippen LogP contribution < -0.4 is 18.8 Å². The third-order valence-corrected chi connectivity index (χ3v) is 7.26. The lowest BCUT2D eigenvalue weighted by atomic mass is 9.85. The fraction of sp³-hybridized carbons (Fsp3) is 0.300. The van der Waals surface area contributed by atoms with Crippen molar-refractivity contribution in [1.82, 2.24) is 0 Å². The monoisotopic (exact) mass is 468 g/mol. The maximum absolute atomic E-state index is 11.0. The van der Waals surface area contributed by atoms with Gasteiger partial charge in [0.25, 0.3) is 0 Å². The highest BCUT2D eigenvalue weighted by atomic mass is 16.7. The molecule has 2 aliphatic heterocycles. The summed E-state index contributed by atoms with van der Waals surface area (Å²) in [6, 6.07) is 17.1. The van der Waals surface area contributed by atoms with E-state index in [0.29, 0.717) is 5.75 Å². The summed E-state index contributed by atoms with van der Waals surface area (Å²) in [6.45, 7) is 7.78. The van der Waals surface area contributed by atoms with E-state index >= 15 is 0 Å². The van der Waals surface area contributed by atoms with Gasteiger partial charge in [-0.25, -0.2) is 0 Å². The van der Waals surface area contributed by atoms with Gasteiger partial charge in [-0.2, -0.15) is 4.57 Å². The number of ether oxygens (including phenoxy) is 3. The normalized spacial score (nSPS) is 14.1. The molecule has 0 radical (unpaired) electrons. The second kappa shape index (κ2) is 7.91. The number of aryl methyl sites for hydroxylation is 2. The van der Waals surface area contributed by atoms with E-state index in [1.807, 2.05) is 6.07 Å². The summed E-state index contributed by atoms with van der Waals surface area (Å²) >= 11 is 0. The summed E-state index contributed by atoms with van der Waals surface area (Å²) in [6.07, 6.45) is 3.69. The van der Waals surface area contributed by atoms with Crippen LogP contribution in [0.2, 0.25) is 0 Å². The van der Waals surface area contributed by atoms with Crippen LogP contribution in [0.3, 0.4) is 0 Å². The molecule has 0 spiro atoms. The lowest BCUT2D eigenvalue weighted by Crippen LogP contribution is -2.41. The van der Waals surface area contributed by atoms with E-state index in [9.17, 15) is 5.11 Å². The van der Waals surface area contributed by atoms with Crippen molar-refractivity contribution in [2.75, 3.05) is 13.9 Å². The average molecular weight is 469 g/mol. The van der Waals surface area contributed by atoms with E-state index in [4.69, 9.17) is 14.2 Å². The van der Waals surface area contributed by atoms with Crippen LogP contribution in [0.5, 0.6) is 23.0 Å². The molecule has 0 saturated carbocycles. The molecule has 1 aromatic heterocycles. The summed E-state index contributed by atoms with van der Waals surface area (Å²) < 4.78 is 19.1. The van der Waals surface area contributed by atoms with Gasteiger partial charge in [-0.15, -0.1) is 0 Å². The third kappa shape index (κ3) is 3.57. The molecule has 0 saturated heterocycles. The van der Waals surface area contributed by atoms with E-state index in [1.165, 1.54) is 33.5 Å². The number of hydrogen-bond acceptors (Lipinski definition) is 4. The number of hydrogen-bond donors (Lipinski definition) is 1. The Kier molecular flexibility index (Phi) is 4.92. The standard InChI is InChI=1S/C30H29NO4/c1-30(2,3)20-7-5-18(6-8-20)13-23-21-9-10-25(33-4)29(32)24(21)16-31-12-11-19-14-26-27(35-17-34-26)15-22(19)28(23)31/h5-10,14-16H,11-13,17H2,1-4H3/p+1. The molecule has 4 aromatic rings. The van der Waals surface area contributed by atoms with Crippen molar-refractivity contribution in [3.8, 4) is 34.3 Å². The van der Waals surface area contributed by atoms with Crippen LogP contribution in [0.1, 0.15) is 43.0 Å². The first-order valence-corrected chi connectivity index (χ1v) is 12.1. The molecule has 0 atom stereocenters. The zero-order valence-corrected chi connectivity index (χ0v) is 20.6. The molecule has 0 aliphatic carbocycles. The Hall–Kier alpha value is -3.73. The number of methoxy groups -OCH3 is 1. The van der Waals surface area contributed by atoms with Crippen molar-refractivity contribution in [2.24, 2.45) is 0 Å². The quantitative estimate of drug-likeness (QED) is 0.393. The predicted octanol–water partition coefficient (Wildman–Crippen LogP) is 5.68. The number of pyridine rings is 1. The van der Waals surface area contributed by atoms with Crippen molar-refractivity contribution in [2.45, 2.75) is 45.6 Å². The summed E-state index contributed by atoms with van der Waals surface area (Å²) in [5.74, 6) is 2.27. The molecule has 2 aliphatic rings. The fourth-order valence-corrected chi connectivity index (χ4v) is 5.32. The molecular weight excluding hydrogens is 438 g/mol. The summed E-state index contributed by atoms with van der Waals surface area (Å²) in [7, 11) is 1.59. The van der Waals surface area contributed by atoms with Gasteiger partial charge < -0.3 is 19.3 Å². The van der Waals surface area contributed by atoms with E-state index in [0.717, 1.165) is 41.7 Å². The molecule has 35 heavy (non-hydrogen) atoms. The maximum Gasteiger partial charge on any atom is 0.231 e. The third-order valence-electron chi connectivity index (χ3n) is 7.26. The molecule has 0 amide bonds. The van der Waals surface area contributed by atoms with Crippen LogP contribution in [0.25, 0.3) is 22.0 Å². The van der Waals surface area contributed by atoms with Gasteiger partial charge in [-0.3, -0.25) is 0 Å². The first-order chi connectivity index (χ1) is 16.8. The maximum atomic E-state index is 11.0. The molecular formula is C30H30NO4+. The van der Waals surface area contributed by atoms with Crippen LogP contribution in [0, 0.1) is 0 Å². The molecule has 6 rings (SSSR count). The average Bonchev–Trinajstić information content (AvgIpc) is 3.30. The minimum Gasteiger partial charge on any atom is -0.504 e. The van der Waals surface area contributed by atoms with Crippen molar-refractivity contribution in [3.63, 3.8) is 0 Å². The van der Waals surface area contributed by atoms with Gasteiger partial charge in [0.2, 0.25) is 12.5 Å². The molecule has 1 N–H and O–H groups in total.